The van der Waals surface area contributed by atoms with Gasteiger partial charge in [-0.1, -0.05) is 62.4 Å². The minimum absolute atomic E-state index is 0.105. The zero-order valence-electron chi connectivity index (χ0n) is 31.6. The molecule has 2 aromatic carbocycles. The first-order valence-electron chi connectivity index (χ1n) is 18.8. The van der Waals surface area contributed by atoms with Gasteiger partial charge in [-0.05, 0) is 53.9 Å². The normalized spacial score (nSPS) is 21.5. The molecule has 0 radical (unpaired) electrons. The zero-order chi connectivity index (χ0) is 38.7. The third-order valence-electron chi connectivity index (χ3n) is 10.9. The fourth-order valence-electron chi connectivity index (χ4n) is 7.88. The summed E-state index contributed by atoms with van der Waals surface area (Å²) >= 11 is 0. The second-order valence-corrected chi connectivity index (χ2v) is 14.7. The molecule has 5 heterocycles. The third kappa shape index (κ3) is 7.66. The van der Waals surface area contributed by atoms with E-state index in [1.165, 1.54) is 14.2 Å². The smallest absolute Gasteiger partial charge is 0.407 e. The molecule has 4 N–H and O–H groups in total. The maximum atomic E-state index is 13.8. The van der Waals surface area contributed by atoms with E-state index in [2.05, 4.69) is 54.8 Å². The molecule has 2 aromatic heterocycles. The zero-order valence-corrected chi connectivity index (χ0v) is 31.6. The number of rotatable bonds is 10. The molecule has 1 unspecified atom stereocenters. The number of carbonyl (C=O) groups excluding carboxylic acids is 4. The molecule has 3 aliphatic heterocycles. The Morgan fingerprint density at radius 3 is 1.78 bits per heavy atom. The van der Waals surface area contributed by atoms with Gasteiger partial charge in [0.25, 0.3) is 5.91 Å². The molecule has 0 aliphatic carbocycles. The molecular formula is C40H48N8O7. The molecule has 0 saturated carbocycles. The van der Waals surface area contributed by atoms with Gasteiger partial charge in [0.15, 0.2) is 0 Å². The maximum Gasteiger partial charge on any atom is 0.407 e. The first kappa shape index (κ1) is 37.6. The minimum Gasteiger partial charge on any atom is -0.453 e. The van der Waals surface area contributed by atoms with E-state index >= 15 is 0 Å². The molecule has 0 spiro atoms. The fraction of sp³-hybridized carbons (Fsp3) is 0.450. The molecule has 15 nitrogen and oxygen atoms in total. The van der Waals surface area contributed by atoms with Gasteiger partial charge in [-0.2, -0.15) is 0 Å². The van der Waals surface area contributed by atoms with Crippen LogP contribution < -0.4 is 10.6 Å². The summed E-state index contributed by atoms with van der Waals surface area (Å²) < 4.78 is 15.1. The van der Waals surface area contributed by atoms with Crippen molar-refractivity contribution in [2.24, 2.45) is 5.92 Å². The van der Waals surface area contributed by atoms with Crippen molar-refractivity contribution in [3.63, 3.8) is 0 Å². The van der Waals surface area contributed by atoms with Crippen molar-refractivity contribution < 1.29 is 33.4 Å². The third-order valence-corrected chi connectivity index (χ3v) is 10.9. The fourth-order valence-corrected chi connectivity index (χ4v) is 7.88. The second-order valence-electron chi connectivity index (χ2n) is 14.7. The van der Waals surface area contributed by atoms with Crippen LogP contribution in [0, 0.1) is 5.92 Å². The number of likely N-dealkylation sites (tertiary alicyclic amines) is 2. The summed E-state index contributed by atoms with van der Waals surface area (Å²) in [6, 6.07) is 15.3. The Morgan fingerprint density at radius 2 is 1.29 bits per heavy atom. The van der Waals surface area contributed by atoms with Crippen molar-refractivity contribution in [1.29, 1.82) is 0 Å². The lowest BCUT2D eigenvalue weighted by atomic mass is 9.96. The molecule has 3 saturated heterocycles. The van der Waals surface area contributed by atoms with Crippen molar-refractivity contribution in [3.8, 4) is 33.6 Å². The number of hydrogen-bond acceptors (Lipinski definition) is 9. The van der Waals surface area contributed by atoms with E-state index in [0.717, 1.165) is 65.1 Å². The van der Waals surface area contributed by atoms with Gasteiger partial charge < -0.3 is 44.6 Å². The summed E-state index contributed by atoms with van der Waals surface area (Å²) in [6.45, 7) is 5.44. The van der Waals surface area contributed by atoms with Crippen LogP contribution in [0.3, 0.4) is 0 Å². The number of imidazole rings is 2. The van der Waals surface area contributed by atoms with Crippen molar-refractivity contribution in [2.75, 3.05) is 40.5 Å². The van der Waals surface area contributed by atoms with Crippen LogP contribution in [-0.4, -0.2) is 106 Å². The van der Waals surface area contributed by atoms with Gasteiger partial charge in [0.05, 0.1) is 56.7 Å². The summed E-state index contributed by atoms with van der Waals surface area (Å²) in [5, 5.41) is 5.43. The van der Waals surface area contributed by atoms with E-state index in [0.29, 0.717) is 31.9 Å². The van der Waals surface area contributed by atoms with Crippen LogP contribution >= 0.6 is 0 Å². The number of carbonyl (C=O) groups is 4. The quantitative estimate of drug-likeness (QED) is 0.166. The number of hydrogen-bond donors (Lipinski definition) is 4. The lowest BCUT2D eigenvalue weighted by Crippen LogP contribution is -2.60. The molecule has 3 aliphatic rings. The Kier molecular flexibility index (Phi) is 10.9. The molecule has 15 heteroatoms. The Hall–Kier alpha value is -5.70. The number of methoxy groups -OCH3 is 2. The number of aromatic amines is 2. The summed E-state index contributed by atoms with van der Waals surface area (Å²) in [5.41, 5.74) is 4.59. The van der Waals surface area contributed by atoms with E-state index in [-0.39, 0.29) is 36.4 Å². The highest BCUT2D eigenvalue weighted by atomic mass is 16.5. The predicted octanol–water partition coefficient (Wildman–Crippen LogP) is 5.36. The molecule has 7 rings (SSSR count). The summed E-state index contributed by atoms with van der Waals surface area (Å²) in [4.78, 5) is 71.2. The van der Waals surface area contributed by atoms with Crippen molar-refractivity contribution in [1.82, 2.24) is 40.4 Å². The van der Waals surface area contributed by atoms with E-state index in [9.17, 15) is 19.2 Å². The van der Waals surface area contributed by atoms with Gasteiger partial charge in [0, 0.05) is 26.1 Å². The van der Waals surface area contributed by atoms with Gasteiger partial charge in [0.2, 0.25) is 5.91 Å². The maximum absolute atomic E-state index is 13.8. The number of amides is 4. The van der Waals surface area contributed by atoms with E-state index in [1.807, 2.05) is 38.1 Å². The van der Waals surface area contributed by atoms with Gasteiger partial charge >= 0.3 is 12.2 Å². The number of nitrogens with one attached hydrogen (secondary N) is 4. The minimum atomic E-state index is -1.15. The number of benzene rings is 2. The molecule has 4 atom stereocenters. The van der Waals surface area contributed by atoms with Gasteiger partial charge in [-0.15, -0.1) is 0 Å². The molecule has 4 aromatic rings. The highest BCUT2D eigenvalue weighted by Gasteiger charge is 2.49. The van der Waals surface area contributed by atoms with E-state index in [1.54, 1.807) is 22.2 Å². The molecular weight excluding hydrogens is 704 g/mol. The van der Waals surface area contributed by atoms with Crippen LogP contribution in [0.2, 0.25) is 0 Å². The number of ether oxygens (including phenoxy) is 3. The Labute approximate surface area is 319 Å². The average Bonchev–Trinajstić information content (AvgIpc) is 4.06. The standard InChI is InChI=1S/C40H48N8O7/c1-24(2)33(45-38(51)53-3)36(49)47-18-5-7-31(47)34-41-21-29(43-34)27-13-9-25(10-14-27)26-11-15-28(16-12-26)30-22-42-35(44-30)32-8-6-19-48(32)37(50)40(17-20-55-23-40)46-39(52)54-4/h9-16,21-22,24,31-33H,5-8,17-20,23H2,1-4H3,(H,41,43)(H,42,44)(H,45,51)(H,46,52)/t31-,32-,33-,40?/m0/s1. The number of nitrogens with zero attached hydrogens (tertiary/aromatic N) is 4. The predicted molar refractivity (Wildman–Crippen MR) is 202 cm³/mol. The number of aromatic nitrogens is 4. The number of alkyl carbamates (subject to hydrolysis) is 2. The Morgan fingerprint density at radius 1 is 0.782 bits per heavy atom. The number of H-pyrrole nitrogens is 2. The molecule has 4 amide bonds. The molecule has 290 valence electrons. The highest BCUT2D eigenvalue weighted by molar-refractivity contribution is 5.91. The van der Waals surface area contributed by atoms with Gasteiger partial charge in [-0.3, -0.25) is 9.59 Å². The van der Waals surface area contributed by atoms with Crippen molar-refractivity contribution in [2.45, 2.75) is 69.6 Å². The van der Waals surface area contributed by atoms with Crippen LogP contribution in [0.4, 0.5) is 9.59 Å². The van der Waals surface area contributed by atoms with Gasteiger partial charge in [-0.25, -0.2) is 19.6 Å². The lowest BCUT2D eigenvalue weighted by Gasteiger charge is -2.34. The molecule has 55 heavy (non-hydrogen) atoms. The first-order chi connectivity index (χ1) is 26.6. The lowest BCUT2D eigenvalue weighted by molar-refractivity contribution is -0.139. The summed E-state index contributed by atoms with van der Waals surface area (Å²) in [5.74, 6) is 0.995. The van der Waals surface area contributed by atoms with E-state index < -0.39 is 23.8 Å². The largest absolute Gasteiger partial charge is 0.453 e. The summed E-state index contributed by atoms with van der Waals surface area (Å²) in [6.07, 6.45) is 5.91. The Balaban J connectivity index is 1.00. The van der Waals surface area contributed by atoms with Crippen LogP contribution in [0.1, 0.15) is 69.7 Å². The highest BCUT2D eigenvalue weighted by Crippen LogP contribution is 2.36. The van der Waals surface area contributed by atoms with Crippen LogP contribution in [-0.2, 0) is 23.8 Å². The topological polar surface area (TPSA) is 184 Å². The van der Waals surface area contributed by atoms with E-state index in [4.69, 9.17) is 14.2 Å². The van der Waals surface area contributed by atoms with Crippen molar-refractivity contribution >= 4 is 24.0 Å². The Bertz CT molecular complexity index is 2000. The SMILES string of the molecule is COC(=O)N[C@H](C(=O)N1CCC[C@H]1c1ncc(-c2ccc(-c3ccc(-c4cnc([C@@H]5CCCN5C(=O)C5(NC(=O)OC)CCOC5)[nH]4)cc3)cc2)[nH]1)C(C)C. The second kappa shape index (κ2) is 16.0. The summed E-state index contributed by atoms with van der Waals surface area (Å²) in [7, 11) is 2.57. The molecule has 0 bridgehead atoms. The van der Waals surface area contributed by atoms with Crippen molar-refractivity contribution in [3.05, 3.63) is 72.6 Å². The first-order valence-corrected chi connectivity index (χ1v) is 18.8. The van der Waals surface area contributed by atoms with Crippen LogP contribution in [0.15, 0.2) is 60.9 Å². The van der Waals surface area contributed by atoms with Crippen LogP contribution in [0.25, 0.3) is 33.6 Å². The average molecular weight is 753 g/mol. The molecule has 3 fully saturated rings. The monoisotopic (exact) mass is 752 g/mol. The van der Waals surface area contributed by atoms with Crippen LogP contribution in [0.5, 0.6) is 0 Å². The van der Waals surface area contributed by atoms with Gasteiger partial charge in [0.1, 0.15) is 23.2 Å².